The summed E-state index contributed by atoms with van der Waals surface area (Å²) in [6.07, 6.45) is 0. The van der Waals surface area contributed by atoms with Gasteiger partial charge in [-0.15, -0.1) is 0 Å². The van der Waals surface area contributed by atoms with Crippen molar-refractivity contribution in [2.24, 2.45) is 0 Å². The molecule has 0 amide bonds. The minimum absolute atomic E-state index is 0.0189. The van der Waals surface area contributed by atoms with Crippen LogP contribution in [0.5, 0.6) is 0 Å². The molecule has 0 spiro atoms. The number of nitrogens with one attached hydrogen (secondary N) is 2. The Morgan fingerprint density at radius 1 is 0.577 bits per heavy atom. The van der Waals surface area contributed by atoms with E-state index in [-0.39, 0.29) is 11.4 Å². The highest BCUT2D eigenvalue weighted by atomic mass is 16.6. The summed E-state index contributed by atoms with van der Waals surface area (Å²) in [4.78, 5) is 21.2. The molecule has 0 saturated heterocycles. The maximum absolute atomic E-state index is 11.1. The highest BCUT2D eigenvalue weighted by molar-refractivity contribution is 5.73. The largest absolute Gasteiger partial charge is 0.350 e. The molecule has 8 nitrogen and oxygen atoms in total. The van der Waals surface area contributed by atoms with Crippen LogP contribution in [0.3, 0.4) is 0 Å². The first-order valence-electron chi connectivity index (χ1n) is 7.65. The maximum atomic E-state index is 11.1. The predicted molar refractivity (Wildman–Crippen MR) is 99.2 cm³/mol. The number of benzene rings is 3. The van der Waals surface area contributed by atoms with E-state index in [1.54, 1.807) is 60.7 Å². The standard InChI is InChI=1S/C18H14N4O4/c23-21(24)17-7-3-1-5-15(17)19-13-9-11-14(12-10-13)20-16-6-2-4-8-18(16)22(25)26/h1-12,19-20H. The van der Waals surface area contributed by atoms with Gasteiger partial charge in [-0.1, -0.05) is 24.3 Å². The fourth-order valence-corrected chi connectivity index (χ4v) is 2.42. The van der Waals surface area contributed by atoms with Crippen LogP contribution in [0.4, 0.5) is 34.1 Å². The summed E-state index contributed by atoms with van der Waals surface area (Å²) in [6.45, 7) is 0. The highest BCUT2D eigenvalue weighted by Gasteiger charge is 2.13. The molecule has 0 fully saturated rings. The Kier molecular flexibility index (Phi) is 4.75. The molecule has 0 radical (unpaired) electrons. The molecule has 0 aliphatic heterocycles. The van der Waals surface area contributed by atoms with Crippen molar-refractivity contribution < 1.29 is 9.85 Å². The van der Waals surface area contributed by atoms with E-state index >= 15 is 0 Å². The lowest BCUT2D eigenvalue weighted by Crippen LogP contribution is -1.98. The van der Waals surface area contributed by atoms with Crippen LogP contribution in [0.2, 0.25) is 0 Å². The van der Waals surface area contributed by atoms with Gasteiger partial charge in [-0.2, -0.15) is 0 Å². The summed E-state index contributed by atoms with van der Waals surface area (Å²) >= 11 is 0. The van der Waals surface area contributed by atoms with Gasteiger partial charge < -0.3 is 10.6 Å². The van der Waals surface area contributed by atoms with Crippen LogP contribution >= 0.6 is 0 Å². The summed E-state index contributed by atoms with van der Waals surface area (Å²) in [5.74, 6) is 0. The van der Waals surface area contributed by atoms with Crippen LogP contribution in [0.25, 0.3) is 0 Å². The monoisotopic (exact) mass is 350 g/mol. The third kappa shape index (κ3) is 3.75. The van der Waals surface area contributed by atoms with Gasteiger partial charge in [0.25, 0.3) is 11.4 Å². The highest BCUT2D eigenvalue weighted by Crippen LogP contribution is 2.30. The van der Waals surface area contributed by atoms with Crippen LogP contribution in [0, 0.1) is 20.2 Å². The molecular weight excluding hydrogens is 336 g/mol. The van der Waals surface area contributed by atoms with Crippen LogP contribution in [0.1, 0.15) is 0 Å². The zero-order chi connectivity index (χ0) is 18.5. The van der Waals surface area contributed by atoms with Crippen molar-refractivity contribution in [1.29, 1.82) is 0 Å². The van der Waals surface area contributed by atoms with E-state index < -0.39 is 9.85 Å². The lowest BCUT2D eigenvalue weighted by atomic mass is 10.2. The average Bonchev–Trinajstić information content (AvgIpc) is 2.64. The smallest absolute Gasteiger partial charge is 0.292 e. The fraction of sp³-hybridized carbons (Fsp3) is 0. The van der Waals surface area contributed by atoms with Gasteiger partial charge in [-0.05, 0) is 36.4 Å². The molecular formula is C18H14N4O4. The number of nitro groups is 2. The molecule has 2 N–H and O–H groups in total. The minimum atomic E-state index is -0.452. The Morgan fingerprint density at radius 2 is 0.923 bits per heavy atom. The van der Waals surface area contributed by atoms with Gasteiger partial charge in [0.15, 0.2) is 0 Å². The molecule has 3 aromatic carbocycles. The number of hydrogen-bond acceptors (Lipinski definition) is 6. The molecule has 8 heteroatoms. The van der Waals surface area contributed by atoms with Gasteiger partial charge in [0, 0.05) is 23.5 Å². The Bertz CT molecular complexity index is 879. The van der Waals surface area contributed by atoms with Crippen molar-refractivity contribution in [3.05, 3.63) is 93.0 Å². The SMILES string of the molecule is O=[N+]([O-])c1ccccc1Nc1ccc(Nc2ccccc2[N+](=O)[O-])cc1. The second kappa shape index (κ2) is 7.31. The molecule has 0 bridgehead atoms. The molecule has 3 aromatic rings. The summed E-state index contributed by atoms with van der Waals surface area (Å²) in [5.41, 5.74) is 2.05. The molecule has 0 atom stereocenters. The fourth-order valence-electron chi connectivity index (χ4n) is 2.42. The van der Waals surface area contributed by atoms with Gasteiger partial charge >= 0.3 is 0 Å². The Balaban J connectivity index is 1.78. The molecule has 0 saturated carbocycles. The van der Waals surface area contributed by atoms with E-state index in [4.69, 9.17) is 0 Å². The minimum Gasteiger partial charge on any atom is -0.350 e. The second-order valence-electron chi connectivity index (χ2n) is 5.38. The van der Waals surface area contributed by atoms with Gasteiger partial charge in [0.1, 0.15) is 11.4 Å². The summed E-state index contributed by atoms with van der Waals surface area (Å²) in [5, 5.41) is 28.1. The zero-order valence-electron chi connectivity index (χ0n) is 13.5. The quantitative estimate of drug-likeness (QED) is 0.478. The first-order chi connectivity index (χ1) is 12.5. The lowest BCUT2D eigenvalue weighted by molar-refractivity contribution is -0.384. The molecule has 0 heterocycles. The van der Waals surface area contributed by atoms with Crippen molar-refractivity contribution in [3.63, 3.8) is 0 Å². The Labute approximate surface area is 148 Å². The van der Waals surface area contributed by atoms with Crippen LogP contribution < -0.4 is 10.6 Å². The Hall–Kier alpha value is -3.94. The van der Waals surface area contributed by atoms with Crippen molar-refractivity contribution in [3.8, 4) is 0 Å². The first kappa shape index (κ1) is 16.9. The van der Waals surface area contributed by atoms with E-state index in [2.05, 4.69) is 10.6 Å². The molecule has 0 aromatic heterocycles. The zero-order valence-corrected chi connectivity index (χ0v) is 13.5. The third-order valence-corrected chi connectivity index (χ3v) is 3.64. The molecule has 0 aliphatic rings. The summed E-state index contributed by atoms with van der Waals surface area (Å²) in [7, 11) is 0. The predicted octanol–water partition coefficient (Wildman–Crippen LogP) is 4.99. The Morgan fingerprint density at radius 3 is 1.27 bits per heavy atom. The second-order valence-corrected chi connectivity index (χ2v) is 5.38. The molecule has 0 aliphatic carbocycles. The van der Waals surface area contributed by atoms with Gasteiger partial charge in [-0.25, -0.2) is 0 Å². The maximum Gasteiger partial charge on any atom is 0.292 e. The van der Waals surface area contributed by atoms with Crippen molar-refractivity contribution in [1.82, 2.24) is 0 Å². The van der Waals surface area contributed by atoms with E-state index in [1.807, 2.05) is 0 Å². The van der Waals surface area contributed by atoms with Gasteiger partial charge in [-0.3, -0.25) is 20.2 Å². The number of nitro benzene ring substituents is 2. The van der Waals surface area contributed by atoms with Crippen LogP contribution in [0.15, 0.2) is 72.8 Å². The summed E-state index contributed by atoms with van der Waals surface area (Å²) < 4.78 is 0. The van der Waals surface area contributed by atoms with Crippen molar-refractivity contribution >= 4 is 34.1 Å². The van der Waals surface area contributed by atoms with E-state index in [1.165, 1.54) is 12.1 Å². The van der Waals surface area contributed by atoms with Crippen molar-refractivity contribution in [2.45, 2.75) is 0 Å². The number of rotatable bonds is 6. The number of hydrogen-bond donors (Lipinski definition) is 2. The van der Waals surface area contributed by atoms with E-state index in [0.29, 0.717) is 22.7 Å². The van der Waals surface area contributed by atoms with Gasteiger partial charge in [0.2, 0.25) is 0 Å². The van der Waals surface area contributed by atoms with Crippen LogP contribution in [-0.2, 0) is 0 Å². The lowest BCUT2D eigenvalue weighted by Gasteiger charge is -2.10. The number of para-hydroxylation sites is 4. The normalized spacial score (nSPS) is 10.2. The molecule has 3 rings (SSSR count). The summed E-state index contributed by atoms with van der Waals surface area (Å²) in [6, 6.07) is 19.6. The van der Waals surface area contributed by atoms with Crippen LogP contribution in [-0.4, -0.2) is 9.85 Å². The van der Waals surface area contributed by atoms with E-state index in [0.717, 1.165) is 0 Å². The van der Waals surface area contributed by atoms with Gasteiger partial charge in [0.05, 0.1) is 9.85 Å². The third-order valence-electron chi connectivity index (χ3n) is 3.64. The van der Waals surface area contributed by atoms with E-state index in [9.17, 15) is 20.2 Å². The van der Waals surface area contributed by atoms with Crippen molar-refractivity contribution in [2.75, 3.05) is 10.6 Å². The molecule has 26 heavy (non-hydrogen) atoms. The average molecular weight is 350 g/mol. The molecule has 0 unspecified atom stereocenters. The topological polar surface area (TPSA) is 110 Å². The number of anilines is 4. The first-order valence-corrected chi connectivity index (χ1v) is 7.65. The molecule has 130 valence electrons. The number of nitrogens with zero attached hydrogens (tertiary/aromatic N) is 2.